The Morgan fingerprint density at radius 3 is 2.75 bits per heavy atom. The Morgan fingerprint density at radius 1 is 1.30 bits per heavy atom. The molecule has 3 heteroatoms. The first-order valence-corrected chi connectivity index (χ1v) is 7.71. The Bertz CT molecular complexity index is 520. The molecule has 0 aromatic heterocycles. The number of benzene rings is 1. The van der Waals surface area contributed by atoms with Gasteiger partial charge in [0.1, 0.15) is 0 Å². The van der Waals surface area contributed by atoms with E-state index in [1.807, 2.05) is 18.2 Å². The van der Waals surface area contributed by atoms with Crippen LogP contribution in [0.25, 0.3) is 0 Å². The molecular formula is C17H24N2O. The van der Waals surface area contributed by atoms with Crippen LogP contribution in [0.15, 0.2) is 18.2 Å². The molecule has 2 fully saturated rings. The molecule has 1 aliphatic carbocycles. The molecule has 1 unspecified atom stereocenters. The van der Waals surface area contributed by atoms with Crippen LogP contribution in [0.4, 0.5) is 0 Å². The number of rotatable bonds is 2. The number of amides is 1. The SMILES string of the molecule is Cc1ccc(C(=O)NC2CCNC3(CCC3)C2)cc1C. The van der Waals surface area contributed by atoms with Gasteiger partial charge in [0.15, 0.2) is 0 Å². The van der Waals surface area contributed by atoms with Crippen LogP contribution < -0.4 is 10.6 Å². The summed E-state index contributed by atoms with van der Waals surface area (Å²) in [6, 6.07) is 6.27. The van der Waals surface area contributed by atoms with Gasteiger partial charge in [-0.3, -0.25) is 4.79 Å². The zero-order valence-corrected chi connectivity index (χ0v) is 12.5. The molecular weight excluding hydrogens is 248 g/mol. The monoisotopic (exact) mass is 272 g/mol. The third kappa shape index (κ3) is 2.59. The Hall–Kier alpha value is -1.35. The van der Waals surface area contributed by atoms with E-state index in [0.29, 0.717) is 11.6 Å². The highest BCUT2D eigenvalue weighted by Crippen LogP contribution is 2.38. The van der Waals surface area contributed by atoms with Crippen LogP contribution in [-0.2, 0) is 0 Å². The summed E-state index contributed by atoms with van der Waals surface area (Å²) in [5.74, 6) is 0.0782. The lowest BCUT2D eigenvalue weighted by atomic mass is 9.70. The van der Waals surface area contributed by atoms with E-state index in [4.69, 9.17) is 0 Å². The smallest absolute Gasteiger partial charge is 0.251 e. The van der Waals surface area contributed by atoms with Crippen molar-refractivity contribution in [2.45, 2.75) is 57.5 Å². The quantitative estimate of drug-likeness (QED) is 0.869. The maximum absolute atomic E-state index is 12.4. The minimum atomic E-state index is 0.0782. The Morgan fingerprint density at radius 2 is 2.10 bits per heavy atom. The van der Waals surface area contributed by atoms with Gasteiger partial charge in [0.2, 0.25) is 0 Å². The summed E-state index contributed by atoms with van der Waals surface area (Å²) < 4.78 is 0. The molecule has 108 valence electrons. The van der Waals surface area contributed by atoms with Gasteiger partial charge in [-0.05, 0) is 75.8 Å². The minimum Gasteiger partial charge on any atom is -0.349 e. The number of carbonyl (C=O) groups excluding carboxylic acids is 1. The first-order valence-electron chi connectivity index (χ1n) is 7.71. The van der Waals surface area contributed by atoms with Crippen molar-refractivity contribution in [2.24, 2.45) is 0 Å². The van der Waals surface area contributed by atoms with Crippen molar-refractivity contribution in [3.8, 4) is 0 Å². The van der Waals surface area contributed by atoms with Gasteiger partial charge in [-0.2, -0.15) is 0 Å². The predicted octanol–water partition coefficient (Wildman–Crippen LogP) is 2.71. The van der Waals surface area contributed by atoms with Crippen molar-refractivity contribution in [1.29, 1.82) is 0 Å². The lowest BCUT2D eigenvalue weighted by Crippen LogP contribution is -2.59. The van der Waals surface area contributed by atoms with Crippen molar-refractivity contribution in [3.63, 3.8) is 0 Å². The largest absolute Gasteiger partial charge is 0.349 e. The summed E-state index contributed by atoms with van der Waals surface area (Å²) in [5, 5.41) is 6.87. The molecule has 0 radical (unpaired) electrons. The van der Waals surface area contributed by atoms with Gasteiger partial charge in [-0.25, -0.2) is 0 Å². The topological polar surface area (TPSA) is 41.1 Å². The summed E-state index contributed by atoms with van der Waals surface area (Å²) >= 11 is 0. The van der Waals surface area contributed by atoms with Gasteiger partial charge in [-0.1, -0.05) is 6.07 Å². The van der Waals surface area contributed by atoms with E-state index in [2.05, 4.69) is 24.5 Å². The Kier molecular flexibility index (Phi) is 3.55. The molecule has 1 amide bonds. The standard InChI is InChI=1S/C17H24N2O/c1-12-4-5-14(10-13(12)2)16(20)19-15-6-9-18-17(11-15)7-3-8-17/h4-5,10,15,18H,3,6-9,11H2,1-2H3,(H,19,20). The van der Waals surface area contributed by atoms with Crippen LogP contribution in [-0.4, -0.2) is 24.0 Å². The highest BCUT2D eigenvalue weighted by Gasteiger charge is 2.41. The van der Waals surface area contributed by atoms with E-state index in [9.17, 15) is 4.79 Å². The van der Waals surface area contributed by atoms with Gasteiger partial charge in [0, 0.05) is 17.1 Å². The molecule has 1 spiro atoms. The molecule has 3 nitrogen and oxygen atoms in total. The number of carbonyl (C=O) groups is 1. The highest BCUT2D eigenvalue weighted by atomic mass is 16.1. The second-order valence-electron chi connectivity index (χ2n) is 6.52. The predicted molar refractivity (Wildman–Crippen MR) is 81.0 cm³/mol. The number of aryl methyl sites for hydroxylation is 2. The average Bonchev–Trinajstić information content (AvgIpc) is 2.40. The van der Waals surface area contributed by atoms with Gasteiger partial charge in [0.25, 0.3) is 5.91 Å². The molecule has 2 aliphatic rings. The lowest BCUT2D eigenvalue weighted by Gasteiger charge is -2.48. The first kappa shape index (κ1) is 13.6. The fourth-order valence-electron chi connectivity index (χ4n) is 3.42. The molecule has 0 bridgehead atoms. The fraction of sp³-hybridized carbons (Fsp3) is 0.588. The average molecular weight is 272 g/mol. The van der Waals surface area contributed by atoms with E-state index in [0.717, 1.165) is 24.9 Å². The van der Waals surface area contributed by atoms with Crippen molar-refractivity contribution < 1.29 is 4.79 Å². The van der Waals surface area contributed by atoms with Crippen molar-refractivity contribution >= 4 is 5.91 Å². The second-order valence-corrected chi connectivity index (χ2v) is 6.52. The molecule has 1 saturated carbocycles. The molecule has 1 aromatic carbocycles. The Balaban J connectivity index is 1.64. The van der Waals surface area contributed by atoms with E-state index < -0.39 is 0 Å². The number of hydrogen-bond acceptors (Lipinski definition) is 2. The van der Waals surface area contributed by atoms with Crippen LogP contribution >= 0.6 is 0 Å². The fourth-order valence-corrected chi connectivity index (χ4v) is 3.42. The van der Waals surface area contributed by atoms with E-state index in [1.165, 1.54) is 30.4 Å². The maximum Gasteiger partial charge on any atom is 0.251 e. The van der Waals surface area contributed by atoms with Gasteiger partial charge in [-0.15, -0.1) is 0 Å². The Labute approximate surface area is 121 Å². The van der Waals surface area contributed by atoms with Gasteiger partial charge < -0.3 is 10.6 Å². The summed E-state index contributed by atoms with van der Waals surface area (Å²) in [4.78, 5) is 12.4. The molecule has 1 heterocycles. The molecule has 20 heavy (non-hydrogen) atoms. The van der Waals surface area contributed by atoms with E-state index in [-0.39, 0.29) is 5.91 Å². The normalized spacial score (nSPS) is 24.2. The first-order chi connectivity index (χ1) is 9.58. The zero-order valence-electron chi connectivity index (χ0n) is 12.5. The van der Waals surface area contributed by atoms with Gasteiger partial charge in [0.05, 0.1) is 0 Å². The maximum atomic E-state index is 12.4. The molecule has 3 rings (SSSR count). The highest BCUT2D eigenvalue weighted by molar-refractivity contribution is 5.94. The van der Waals surface area contributed by atoms with Gasteiger partial charge >= 0.3 is 0 Å². The van der Waals surface area contributed by atoms with Crippen LogP contribution in [0.5, 0.6) is 0 Å². The molecule has 1 saturated heterocycles. The number of nitrogens with one attached hydrogen (secondary N) is 2. The van der Waals surface area contributed by atoms with Crippen molar-refractivity contribution in [2.75, 3.05) is 6.54 Å². The molecule has 1 aromatic rings. The van der Waals surface area contributed by atoms with Crippen molar-refractivity contribution in [3.05, 3.63) is 34.9 Å². The summed E-state index contributed by atoms with van der Waals surface area (Å²) in [6.45, 7) is 5.15. The molecule has 1 atom stereocenters. The molecule has 1 aliphatic heterocycles. The minimum absolute atomic E-state index is 0.0782. The third-order valence-electron chi connectivity index (χ3n) is 5.04. The van der Waals surface area contributed by atoms with Crippen LogP contribution in [0.2, 0.25) is 0 Å². The zero-order chi connectivity index (χ0) is 14.2. The number of hydrogen-bond donors (Lipinski definition) is 2. The van der Waals surface area contributed by atoms with E-state index in [1.54, 1.807) is 0 Å². The summed E-state index contributed by atoms with van der Waals surface area (Å²) in [5.41, 5.74) is 3.53. The number of piperidine rings is 1. The lowest BCUT2D eigenvalue weighted by molar-refractivity contribution is 0.0853. The van der Waals surface area contributed by atoms with Crippen LogP contribution in [0.1, 0.15) is 53.6 Å². The third-order valence-corrected chi connectivity index (χ3v) is 5.04. The summed E-state index contributed by atoms with van der Waals surface area (Å²) in [7, 11) is 0. The summed E-state index contributed by atoms with van der Waals surface area (Å²) in [6.07, 6.45) is 5.98. The molecule has 2 N–H and O–H groups in total. The van der Waals surface area contributed by atoms with Crippen LogP contribution in [0, 0.1) is 13.8 Å². The van der Waals surface area contributed by atoms with Crippen LogP contribution in [0.3, 0.4) is 0 Å². The second kappa shape index (κ2) is 5.21. The van der Waals surface area contributed by atoms with Crippen molar-refractivity contribution in [1.82, 2.24) is 10.6 Å². The van der Waals surface area contributed by atoms with E-state index >= 15 is 0 Å².